The van der Waals surface area contributed by atoms with Crippen LogP contribution in [0.25, 0.3) is 11.3 Å². The molecule has 1 amide bonds. The van der Waals surface area contributed by atoms with Crippen LogP contribution in [-0.4, -0.2) is 90.3 Å². The van der Waals surface area contributed by atoms with E-state index < -0.39 is 5.82 Å². The third-order valence-electron chi connectivity index (χ3n) is 7.39. The van der Waals surface area contributed by atoms with Crippen molar-refractivity contribution in [2.24, 2.45) is 0 Å². The molecule has 1 aromatic heterocycles. The summed E-state index contributed by atoms with van der Waals surface area (Å²) in [6, 6.07) is 4.14. The number of pyridine rings is 1. The number of aromatic nitrogens is 1. The van der Waals surface area contributed by atoms with Crippen LogP contribution in [0.1, 0.15) is 30.6 Å². The smallest absolute Gasteiger partial charge is 0.261 e. The van der Waals surface area contributed by atoms with Crippen LogP contribution in [-0.2, 0) is 0 Å². The van der Waals surface area contributed by atoms with E-state index in [9.17, 15) is 14.3 Å². The number of hydrogen-bond donors (Lipinski definition) is 2. The molecule has 3 aliphatic heterocycles. The van der Waals surface area contributed by atoms with Crippen molar-refractivity contribution < 1.29 is 19.0 Å². The molecule has 2 unspecified atom stereocenters. The van der Waals surface area contributed by atoms with Crippen LogP contribution in [0.15, 0.2) is 18.2 Å². The summed E-state index contributed by atoms with van der Waals surface area (Å²) in [5, 5.41) is 13.9. The number of ether oxygens (including phenoxy) is 1. The fraction of sp³-hybridized carbons (Fsp3) is 0.520. The number of benzene rings is 1. The second-order valence-electron chi connectivity index (χ2n) is 10.3. The summed E-state index contributed by atoms with van der Waals surface area (Å²) < 4.78 is 21.2. The molecule has 3 aliphatic rings. The largest absolute Gasteiger partial charge is 0.507 e. The average Bonchev–Trinajstić information content (AvgIpc) is 3.05. The highest BCUT2D eigenvalue weighted by Gasteiger charge is 2.45. The number of nitrogens with one attached hydrogen (secondary N) is 1. The Morgan fingerprint density at radius 2 is 2.09 bits per heavy atom. The number of anilines is 1. The number of fused-ring (bicyclic) bond motifs is 2. The van der Waals surface area contributed by atoms with Crippen molar-refractivity contribution in [3.63, 3.8) is 0 Å². The summed E-state index contributed by atoms with van der Waals surface area (Å²) in [7, 11) is 4.06. The molecule has 188 valence electrons. The maximum Gasteiger partial charge on any atom is 0.261 e. The normalized spacial score (nSPS) is 23.7. The van der Waals surface area contributed by atoms with Gasteiger partial charge in [-0.25, -0.2) is 9.37 Å². The zero-order chi connectivity index (χ0) is 25.1. The van der Waals surface area contributed by atoms with Crippen LogP contribution < -0.4 is 15.0 Å². The Morgan fingerprint density at radius 3 is 2.77 bits per heavy atom. The van der Waals surface area contributed by atoms with Gasteiger partial charge >= 0.3 is 0 Å². The number of carbonyl (C=O) groups is 1. The molecule has 35 heavy (non-hydrogen) atoms. The van der Waals surface area contributed by atoms with E-state index in [0.717, 1.165) is 6.42 Å². The van der Waals surface area contributed by atoms with E-state index in [2.05, 4.69) is 29.0 Å². The summed E-state index contributed by atoms with van der Waals surface area (Å²) >= 11 is 6.79. The Kier molecular flexibility index (Phi) is 6.05. The van der Waals surface area contributed by atoms with Crippen LogP contribution in [0.2, 0.25) is 5.02 Å². The van der Waals surface area contributed by atoms with Gasteiger partial charge in [-0.3, -0.25) is 4.79 Å². The molecule has 0 radical (unpaired) electrons. The lowest BCUT2D eigenvalue weighted by Crippen LogP contribution is -2.55. The SMILES string of the molecule is CN(C)C1CN(c2nc(-c3c(O)cccc3F)c(Cl)c3c2C(=O)N2CCNCC2CO3)C(C)(C)C1. The standard InChI is InChI=1S/C25H31ClFN5O3/c1-25(2)10-14(30(3)4)12-32(25)23-19-22(35-13-15-11-28-8-9-31(15)24(19)34)20(26)21(29-23)18-16(27)6-5-7-17(18)33/h5-7,14-15,28,33H,8-13H2,1-4H3. The Bertz CT molecular complexity index is 1150. The Hall–Kier alpha value is -2.62. The van der Waals surface area contributed by atoms with Gasteiger partial charge in [-0.15, -0.1) is 0 Å². The molecular formula is C25H31ClFN5O3. The molecule has 2 aromatic rings. The number of nitrogens with zero attached hydrogens (tertiary/aromatic N) is 4. The van der Waals surface area contributed by atoms with Gasteiger partial charge in [-0.1, -0.05) is 17.7 Å². The van der Waals surface area contributed by atoms with Gasteiger partial charge in [0.2, 0.25) is 0 Å². The maximum absolute atomic E-state index is 15.0. The van der Waals surface area contributed by atoms with E-state index in [0.29, 0.717) is 37.6 Å². The highest BCUT2D eigenvalue weighted by atomic mass is 35.5. The van der Waals surface area contributed by atoms with Crippen molar-refractivity contribution in [2.75, 3.05) is 51.8 Å². The molecule has 2 N–H and O–H groups in total. The number of piperazine rings is 1. The van der Waals surface area contributed by atoms with Gasteiger partial charge in [0, 0.05) is 37.8 Å². The molecule has 2 fully saturated rings. The Morgan fingerprint density at radius 1 is 1.31 bits per heavy atom. The molecule has 2 atom stereocenters. The molecule has 2 saturated heterocycles. The first-order valence-corrected chi connectivity index (χ1v) is 12.3. The number of aromatic hydroxyl groups is 1. The molecule has 0 spiro atoms. The van der Waals surface area contributed by atoms with Gasteiger partial charge in [0.25, 0.3) is 5.91 Å². The fourth-order valence-electron chi connectivity index (χ4n) is 5.39. The molecular weight excluding hydrogens is 473 g/mol. The number of amides is 1. The van der Waals surface area contributed by atoms with Crippen LogP contribution in [0.4, 0.5) is 10.2 Å². The van der Waals surface area contributed by atoms with Gasteiger partial charge in [0.05, 0.1) is 11.6 Å². The molecule has 0 bridgehead atoms. The molecule has 1 aromatic carbocycles. The molecule has 8 nitrogen and oxygen atoms in total. The maximum atomic E-state index is 15.0. The molecule has 4 heterocycles. The first kappa shape index (κ1) is 24.1. The van der Waals surface area contributed by atoms with E-state index in [4.69, 9.17) is 21.3 Å². The highest BCUT2D eigenvalue weighted by molar-refractivity contribution is 6.35. The van der Waals surface area contributed by atoms with E-state index in [-0.39, 0.29) is 57.9 Å². The minimum absolute atomic E-state index is 0.0199. The van der Waals surface area contributed by atoms with Crippen LogP contribution >= 0.6 is 11.6 Å². The van der Waals surface area contributed by atoms with E-state index in [1.807, 2.05) is 19.0 Å². The molecule has 10 heteroatoms. The number of halogens is 2. The topological polar surface area (TPSA) is 81.2 Å². The van der Waals surface area contributed by atoms with Crippen molar-refractivity contribution >= 4 is 23.3 Å². The lowest BCUT2D eigenvalue weighted by atomic mass is 9.99. The summed E-state index contributed by atoms with van der Waals surface area (Å²) in [5.41, 5.74) is -0.0900. The molecule has 0 aliphatic carbocycles. The number of hydrogen-bond acceptors (Lipinski definition) is 7. The van der Waals surface area contributed by atoms with Gasteiger partial charge in [0.1, 0.15) is 40.3 Å². The minimum Gasteiger partial charge on any atom is -0.507 e. The highest BCUT2D eigenvalue weighted by Crippen LogP contribution is 2.48. The predicted octanol–water partition coefficient (Wildman–Crippen LogP) is 2.97. The van der Waals surface area contributed by atoms with Crippen LogP contribution in [0.3, 0.4) is 0 Å². The number of carbonyl (C=O) groups excluding carboxylic acids is 1. The van der Waals surface area contributed by atoms with E-state index in [1.165, 1.54) is 18.2 Å². The summed E-state index contributed by atoms with van der Waals surface area (Å²) in [5.74, 6) is -0.530. The van der Waals surface area contributed by atoms with Gasteiger partial charge in [-0.05, 0) is 46.5 Å². The zero-order valence-electron chi connectivity index (χ0n) is 20.4. The van der Waals surface area contributed by atoms with Crippen molar-refractivity contribution in [3.8, 4) is 22.8 Å². The first-order valence-electron chi connectivity index (χ1n) is 11.9. The summed E-state index contributed by atoms with van der Waals surface area (Å²) in [6.07, 6.45) is 0.852. The lowest BCUT2D eigenvalue weighted by Gasteiger charge is -2.36. The fourth-order valence-corrected chi connectivity index (χ4v) is 5.68. The molecule has 5 rings (SSSR count). The van der Waals surface area contributed by atoms with Gasteiger partial charge in [0.15, 0.2) is 5.75 Å². The Balaban J connectivity index is 1.76. The number of likely N-dealkylation sites (N-methyl/N-ethyl adjacent to an activating group) is 1. The van der Waals surface area contributed by atoms with Crippen LogP contribution in [0.5, 0.6) is 11.5 Å². The van der Waals surface area contributed by atoms with E-state index in [1.54, 1.807) is 0 Å². The van der Waals surface area contributed by atoms with Crippen molar-refractivity contribution in [1.29, 1.82) is 0 Å². The van der Waals surface area contributed by atoms with Gasteiger partial charge < -0.3 is 29.9 Å². The van der Waals surface area contributed by atoms with E-state index >= 15 is 0 Å². The minimum atomic E-state index is -0.654. The monoisotopic (exact) mass is 503 g/mol. The third-order valence-corrected chi connectivity index (χ3v) is 7.74. The number of rotatable bonds is 3. The number of phenols is 1. The average molecular weight is 504 g/mol. The van der Waals surface area contributed by atoms with Crippen molar-refractivity contribution in [2.45, 2.75) is 37.9 Å². The summed E-state index contributed by atoms with van der Waals surface area (Å²) in [6.45, 7) is 6.93. The second kappa shape index (κ2) is 8.80. The van der Waals surface area contributed by atoms with Crippen molar-refractivity contribution in [1.82, 2.24) is 20.1 Å². The molecule has 0 saturated carbocycles. The Labute approximate surface area is 209 Å². The zero-order valence-corrected chi connectivity index (χ0v) is 21.2. The predicted molar refractivity (Wildman–Crippen MR) is 133 cm³/mol. The summed E-state index contributed by atoms with van der Waals surface area (Å²) in [4.78, 5) is 24.8. The second-order valence-corrected chi connectivity index (χ2v) is 10.7. The quantitative estimate of drug-likeness (QED) is 0.666. The van der Waals surface area contributed by atoms with Crippen LogP contribution in [0, 0.1) is 5.82 Å². The van der Waals surface area contributed by atoms with Gasteiger partial charge in [-0.2, -0.15) is 0 Å². The first-order chi connectivity index (χ1) is 16.6. The number of phenolic OH excluding ortho intramolecular Hbond substituents is 1. The lowest BCUT2D eigenvalue weighted by molar-refractivity contribution is 0.0606. The third kappa shape index (κ3) is 3.99. The van der Waals surface area contributed by atoms with Crippen molar-refractivity contribution in [3.05, 3.63) is 34.6 Å².